The lowest BCUT2D eigenvalue weighted by atomic mass is 10.0. The summed E-state index contributed by atoms with van der Waals surface area (Å²) in [5.74, 6) is 0.165. The average Bonchev–Trinajstić information content (AvgIpc) is 3.12. The summed E-state index contributed by atoms with van der Waals surface area (Å²) in [7, 11) is 0. The molecule has 0 fully saturated rings. The minimum Gasteiger partial charge on any atom is -0.348 e. The van der Waals surface area contributed by atoms with Gasteiger partial charge in [0.05, 0.1) is 29.6 Å². The molecule has 0 aliphatic carbocycles. The molecular weight excluding hydrogens is 312 g/mol. The minimum atomic E-state index is 0.165. The van der Waals surface area contributed by atoms with Crippen LogP contribution in [0.15, 0.2) is 24.5 Å². The van der Waals surface area contributed by atoms with E-state index in [2.05, 4.69) is 32.7 Å². The fourth-order valence-electron chi connectivity index (χ4n) is 4.49. The zero-order chi connectivity index (χ0) is 17.0. The van der Waals surface area contributed by atoms with Crippen LogP contribution in [-0.4, -0.2) is 31.9 Å². The Morgan fingerprint density at radius 2 is 2.08 bits per heavy atom. The number of aromatic amines is 1. The maximum absolute atomic E-state index is 13.4. The number of hydrogen-bond donors (Lipinski definition) is 1. The van der Waals surface area contributed by atoms with Crippen LogP contribution in [0.25, 0.3) is 10.9 Å². The van der Waals surface area contributed by atoms with Crippen LogP contribution in [0.4, 0.5) is 0 Å². The molecule has 0 radical (unpaired) electrons. The van der Waals surface area contributed by atoms with Crippen molar-refractivity contribution < 1.29 is 4.79 Å². The van der Waals surface area contributed by atoms with Crippen LogP contribution in [0.1, 0.15) is 45.8 Å². The molecule has 2 aromatic heterocycles. The van der Waals surface area contributed by atoms with Gasteiger partial charge in [0.15, 0.2) is 0 Å². The minimum absolute atomic E-state index is 0.165. The van der Waals surface area contributed by atoms with E-state index in [9.17, 15) is 4.79 Å². The summed E-state index contributed by atoms with van der Waals surface area (Å²) in [4.78, 5) is 22.9. The number of nitrogens with zero attached hydrogens (tertiary/aromatic N) is 3. The van der Waals surface area contributed by atoms with Crippen molar-refractivity contribution in [3.8, 4) is 0 Å². The third-order valence-electron chi connectivity index (χ3n) is 5.72. The van der Waals surface area contributed by atoms with Crippen LogP contribution in [0.3, 0.4) is 0 Å². The van der Waals surface area contributed by atoms with E-state index in [-0.39, 0.29) is 5.91 Å². The second-order valence-electron chi connectivity index (χ2n) is 7.19. The van der Waals surface area contributed by atoms with E-state index in [1.807, 2.05) is 11.8 Å². The maximum Gasteiger partial charge on any atom is 0.256 e. The highest BCUT2D eigenvalue weighted by Gasteiger charge is 2.31. The molecule has 0 spiro atoms. The monoisotopic (exact) mass is 334 g/mol. The molecule has 2 aliphatic rings. The Balaban J connectivity index is 1.64. The Hall–Kier alpha value is -2.56. The first-order valence-electron chi connectivity index (χ1n) is 9.15. The molecule has 0 bridgehead atoms. The van der Waals surface area contributed by atoms with Crippen LogP contribution < -0.4 is 0 Å². The van der Waals surface area contributed by atoms with Gasteiger partial charge in [-0.1, -0.05) is 18.2 Å². The molecule has 1 N–H and O–H groups in total. The molecule has 0 atom stereocenters. The van der Waals surface area contributed by atoms with E-state index in [0.717, 1.165) is 61.1 Å². The first-order chi connectivity index (χ1) is 12.2. The second kappa shape index (κ2) is 5.48. The standard InChI is InChI=1S/C20H22N4O/c1-13-16(22-12-21-13)11-23-9-4-8-17-18(20(23)25)15-7-2-5-14-6-3-10-24(17)19(14)15/h2,5,7,12H,3-4,6,8-11H2,1H3,(H,21,22). The van der Waals surface area contributed by atoms with Crippen molar-refractivity contribution >= 4 is 16.8 Å². The van der Waals surface area contributed by atoms with Gasteiger partial charge in [0.2, 0.25) is 0 Å². The van der Waals surface area contributed by atoms with E-state index in [0.29, 0.717) is 6.54 Å². The predicted octanol–water partition coefficient (Wildman–Crippen LogP) is 3.21. The molecule has 0 saturated carbocycles. The van der Waals surface area contributed by atoms with Gasteiger partial charge in [-0.25, -0.2) is 4.98 Å². The van der Waals surface area contributed by atoms with Gasteiger partial charge in [0.1, 0.15) is 0 Å². The number of H-pyrrole nitrogens is 1. The Kier molecular flexibility index (Phi) is 3.23. The number of hydrogen-bond acceptors (Lipinski definition) is 2. The van der Waals surface area contributed by atoms with Crippen LogP contribution in [-0.2, 0) is 25.9 Å². The number of nitrogens with one attached hydrogen (secondary N) is 1. The first kappa shape index (κ1) is 14.8. The molecule has 4 heterocycles. The Labute approximate surface area is 146 Å². The van der Waals surface area contributed by atoms with Gasteiger partial charge in [-0.15, -0.1) is 0 Å². The van der Waals surface area contributed by atoms with Crippen LogP contribution >= 0.6 is 0 Å². The molecule has 0 saturated heterocycles. The molecule has 0 unspecified atom stereocenters. The summed E-state index contributed by atoms with van der Waals surface area (Å²) in [5.41, 5.74) is 6.87. The van der Waals surface area contributed by atoms with Crippen molar-refractivity contribution in [2.24, 2.45) is 0 Å². The van der Waals surface area contributed by atoms with Crippen LogP contribution in [0.2, 0.25) is 0 Å². The fraction of sp³-hybridized carbons (Fsp3) is 0.400. The lowest BCUT2D eigenvalue weighted by molar-refractivity contribution is 0.0748. The highest BCUT2D eigenvalue weighted by molar-refractivity contribution is 6.09. The number of aryl methyl sites for hydroxylation is 3. The molecule has 5 heteroatoms. The molecule has 128 valence electrons. The highest BCUT2D eigenvalue weighted by Crippen LogP contribution is 2.35. The molecule has 5 rings (SSSR count). The first-order valence-corrected chi connectivity index (χ1v) is 9.15. The third kappa shape index (κ3) is 2.15. The maximum atomic E-state index is 13.4. The molecule has 1 amide bonds. The van der Waals surface area contributed by atoms with Crippen molar-refractivity contribution in [1.82, 2.24) is 19.4 Å². The predicted molar refractivity (Wildman–Crippen MR) is 96.6 cm³/mol. The third-order valence-corrected chi connectivity index (χ3v) is 5.72. The molecule has 2 aliphatic heterocycles. The van der Waals surface area contributed by atoms with Gasteiger partial charge in [-0.2, -0.15) is 0 Å². The number of fused-ring (bicyclic) bond motifs is 3. The summed E-state index contributed by atoms with van der Waals surface area (Å²) in [5, 5.41) is 1.14. The molecule has 25 heavy (non-hydrogen) atoms. The van der Waals surface area contributed by atoms with Crippen molar-refractivity contribution in [2.75, 3.05) is 6.54 Å². The van der Waals surface area contributed by atoms with Gasteiger partial charge < -0.3 is 14.5 Å². The van der Waals surface area contributed by atoms with E-state index < -0.39 is 0 Å². The van der Waals surface area contributed by atoms with Gasteiger partial charge in [-0.05, 0) is 38.2 Å². The molecule has 1 aromatic carbocycles. The summed E-state index contributed by atoms with van der Waals surface area (Å²) in [6.07, 6.45) is 5.97. The Morgan fingerprint density at radius 3 is 2.92 bits per heavy atom. The van der Waals surface area contributed by atoms with E-state index in [1.165, 1.54) is 16.8 Å². The fourth-order valence-corrected chi connectivity index (χ4v) is 4.49. The number of para-hydroxylation sites is 1. The van der Waals surface area contributed by atoms with Gasteiger partial charge >= 0.3 is 0 Å². The zero-order valence-electron chi connectivity index (χ0n) is 14.5. The van der Waals surface area contributed by atoms with Gasteiger partial charge in [0.25, 0.3) is 5.91 Å². The van der Waals surface area contributed by atoms with Crippen molar-refractivity contribution in [1.29, 1.82) is 0 Å². The van der Waals surface area contributed by atoms with E-state index in [1.54, 1.807) is 6.33 Å². The summed E-state index contributed by atoms with van der Waals surface area (Å²) in [6, 6.07) is 6.45. The van der Waals surface area contributed by atoms with E-state index in [4.69, 9.17) is 0 Å². The van der Waals surface area contributed by atoms with Crippen molar-refractivity contribution in [2.45, 2.75) is 45.7 Å². The normalized spacial score (nSPS) is 17.0. The SMILES string of the molecule is Cc1[nH]cnc1CN1CCCc2c(c3cccc4c3n2CCC4)C1=O. The lowest BCUT2D eigenvalue weighted by Gasteiger charge is -2.20. The van der Waals surface area contributed by atoms with Crippen LogP contribution in [0.5, 0.6) is 0 Å². The largest absolute Gasteiger partial charge is 0.348 e. The number of carbonyl (C=O) groups is 1. The van der Waals surface area contributed by atoms with Gasteiger partial charge in [0, 0.05) is 29.9 Å². The quantitative estimate of drug-likeness (QED) is 0.782. The lowest BCUT2D eigenvalue weighted by Crippen LogP contribution is -2.30. The highest BCUT2D eigenvalue weighted by atomic mass is 16.2. The zero-order valence-corrected chi connectivity index (χ0v) is 14.5. The second-order valence-corrected chi connectivity index (χ2v) is 7.19. The Morgan fingerprint density at radius 1 is 1.20 bits per heavy atom. The number of amides is 1. The molecule has 5 nitrogen and oxygen atoms in total. The Bertz CT molecular complexity index is 981. The topological polar surface area (TPSA) is 53.9 Å². The molecule has 3 aromatic rings. The number of carbonyl (C=O) groups excluding carboxylic acids is 1. The smallest absolute Gasteiger partial charge is 0.256 e. The number of benzene rings is 1. The number of aromatic nitrogens is 3. The van der Waals surface area contributed by atoms with Crippen LogP contribution in [0, 0.1) is 6.92 Å². The van der Waals surface area contributed by atoms with Gasteiger partial charge in [-0.3, -0.25) is 4.79 Å². The van der Waals surface area contributed by atoms with E-state index >= 15 is 0 Å². The number of imidazole rings is 1. The van der Waals surface area contributed by atoms with Crippen molar-refractivity contribution in [3.63, 3.8) is 0 Å². The van der Waals surface area contributed by atoms with Crippen molar-refractivity contribution in [3.05, 3.63) is 52.7 Å². The average molecular weight is 334 g/mol. The summed E-state index contributed by atoms with van der Waals surface area (Å²) in [6.45, 7) is 4.42. The summed E-state index contributed by atoms with van der Waals surface area (Å²) >= 11 is 0. The molecular formula is C20H22N4O. The number of rotatable bonds is 2. The summed E-state index contributed by atoms with van der Waals surface area (Å²) < 4.78 is 2.42.